The van der Waals surface area contributed by atoms with E-state index >= 15 is 0 Å². The summed E-state index contributed by atoms with van der Waals surface area (Å²) in [6, 6.07) is 4.92. The lowest BCUT2D eigenvalue weighted by atomic mass is 9.92. The Hall–Kier alpha value is -0.640. The van der Waals surface area contributed by atoms with Crippen LogP contribution in [0.15, 0.2) is 18.2 Å². The normalized spacial score (nSPS) is 19.6. The zero-order valence-electron chi connectivity index (χ0n) is 11.4. The van der Waals surface area contributed by atoms with Gasteiger partial charge in [-0.2, -0.15) is 0 Å². The zero-order chi connectivity index (χ0) is 13.8. The summed E-state index contributed by atoms with van der Waals surface area (Å²) in [7, 11) is 0. The molecule has 19 heavy (non-hydrogen) atoms. The number of rotatable bonds is 4. The molecule has 0 bridgehead atoms. The van der Waals surface area contributed by atoms with E-state index in [0.29, 0.717) is 5.02 Å². The summed E-state index contributed by atoms with van der Waals surface area (Å²) in [5, 5.41) is 0.525. The van der Waals surface area contributed by atoms with Gasteiger partial charge in [0.2, 0.25) is 0 Å². The maximum atomic E-state index is 13.1. The van der Waals surface area contributed by atoms with Gasteiger partial charge in [-0.05, 0) is 69.4 Å². The Kier molecular flexibility index (Phi) is 5.20. The molecule has 2 rings (SSSR count). The molecule has 1 atom stereocenters. The lowest BCUT2D eigenvalue weighted by Crippen LogP contribution is -2.36. The van der Waals surface area contributed by atoms with Crippen molar-refractivity contribution in [2.24, 2.45) is 11.7 Å². The summed E-state index contributed by atoms with van der Waals surface area (Å²) in [4.78, 5) is 2.42. The summed E-state index contributed by atoms with van der Waals surface area (Å²) in [5.74, 6) is 0.486. The Morgan fingerprint density at radius 2 is 2.11 bits per heavy atom. The Bertz CT molecular complexity index is 417. The van der Waals surface area contributed by atoms with Crippen molar-refractivity contribution in [3.05, 3.63) is 34.6 Å². The molecule has 1 unspecified atom stereocenters. The maximum absolute atomic E-state index is 13.1. The van der Waals surface area contributed by atoms with Crippen LogP contribution in [0.3, 0.4) is 0 Å². The molecule has 1 aliphatic rings. The maximum Gasteiger partial charge on any atom is 0.124 e. The third-order valence-corrected chi connectivity index (χ3v) is 4.51. The van der Waals surface area contributed by atoms with Crippen molar-refractivity contribution in [2.45, 2.75) is 32.2 Å². The van der Waals surface area contributed by atoms with Crippen LogP contribution in [0.5, 0.6) is 0 Å². The molecule has 1 fully saturated rings. The number of hydrogen-bond donors (Lipinski definition) is 1. The summed E-state index contributed by atoms with van der Waals surface area (Å²) in [6.07, 6.45) is 3.51. The van der Waals surface area contributed by atoms with E-state index in [1.165, 1.54) is 25.0 Å². The molecule has 1 aliphatic heterocycles. The van der Waals surface area contributed by atoms with Gasteiger partial charge >= 0.3 is 0 Å². The Balaban J connectivity index is 1.99. The second-order valence-electron chi connectivity index (χ2n) is 5.40. The molecule has 0 spiro atoms. The van der Waals surface area contributed by atoms with E-state index < -0.39 is 0 Å². The van der Waals surface area contributed by atoms with Crippen LogP contribution in [0.2, 0.25) is 5.02 Å². The highest BCUT2D eigenvalue weighted by molar-refractivity contribution is 6.31. The monoisotopic (exact) mass is 284 g/mol. The summed E-state index contributed by atoms with van der Waals surface area (Å²) >= 11 is 6.14. The van der Waals surface area contributed by atoms with Crippen LogP contribution in [0.25, 0.3) is 0 Å². The lowest BCUT2D eigenvalue weighted by molar-refractivity contribution is 0.138. The standard InChI is InChI=1S/C15H22ClFN2/c1-11(14-3-2-13(17)10-15(14)16)19-8-5-12(4-7-18)6-9-19/h2-3,10-12H,4-9,18H2,1H3. The first kappa shape index (κ1) is 14.8. The Morgan fingerprint density at radius 3 is 2.68 bits per heavy atom. The van der Waals surface area contributed by atoms with Crippen LogP contribution in [0.4, 0.5) is 4.39 Å². The van der Waals surface area contributed by atoms with E-state index in [-0.39, 0.29) is 11.9 Å². The van der Waals surface area contributed by atoms with E-state index in [1.54, 1.807) is 6.07 Å². The molecular weight excluding hydrogens is 263 g/mol. The van der Waals surface area contributed by atoms with E-state index in [1.807, 2.05) is 0 Å². The van der Waals surface area contributed by atoms with Crippen molar-refractivity contribution in [2.75, 3.05) is 19.6 Å². The number of nitrogens with zero attached hydrogens (tertiary/aromatic N) is 1. The molecule has 1 aromatic rings. The first-order valence-corrected chi connectivity index (χ1v) is 7.38. The fourth-order valence-electron chi connectivity index (χ4n) is 2.90. The number of nitrogens with two attached hydrogens (primary N) is 1. The predicted molar refractivity (Wildman–Crippen MR) is 77.8 cm³/mol. The van der Waals surface area contributed by atoms with Gasteiger partial charge in [-0.25, -0.2) is 4.39 Å². The molecule has 0 amide bonds. The second-order valence-corrected chi connectivity index (χ2v) is 5.81. The van der Waals surface area contributed by atoms with Crippen LogP contribution in [0.1, 0.15) is 37.8 Å². The van der Waals surface area contributed by atoms with E-state index in [2.05, 4.69) is 11.8 Å². The SMILES string of the molecule is CC(c1ccc(F)cc1Cl)N1CCC(CCN)CC1. The molecule has 1 heterocycles. The molecule has 1 saturated heterocycles. The fraction of sp³-hybridized carbons (Fsp3) is 0.600. The van der Waals surface area contributed by atoms with Gasteiger partial charge in [0.25, 0.3) is 0 Å². The van der Waals surface area contributed by atoms with Gasteiger partial charge in [0.1, 0.15) is 5.82 Å². The van der Waals surface area contributed by atoms with Crippen molar-refractivity contribution in [1.29, 1.82) is 0 Å². The lowest BCUT2D eigenvalue weighted by Gasteiger charge is -2.36. The third kappa shape index (κ3) is 3.68. The average Bonchev–Trinajstić information content (AvgIpc) is 2.39. The summed E-state index contributed by atoms with van der Waals surface area (Å²) < 4.78 is 13.1. The predicted octanol–water partition coefficient (Wildman–Crippen LogP) is 3.60. The minimum Gasteiger partial charge on any atom is -0.330 e. The molecule has 2 nitrogen and oxygen atoms in total. The first-order chi connectivity index (χ1) is 9.11. The minimum atomic E-state index is -0.275. The van der Waals surface area contributed by atoms with Gasteiger partial charge in [0, 0.05) is 11.1 Å². The highest BCUT2D eigenvalue weighted by Gasteiger charge is 2.24. The van der Waals surface area contributed by atoms with Crippen LogP contribution < -0.4 is 5.73 Å². The molecule has 0 saturated carbocycles. The van der Waals surface area contributed by atoms with Gasteiger partial charge in [-0.3, -0.25) is 4.90 Å². The van der Waals surface area contributed by atoms with Gasteiger partial charge in [0.15, 0.2) is 0 Å². The van der Waals surface area contributed by atoms with Gasteiger partial charge < -0.3 is 5.73 Å². The molecule has 0 aromatic heterocycles. The van der Waals surface area contributed by atoms with E-state index in [9.17, 15) is 4.39 Å². The number of likely N-dealkylation sites (tertiary alicyclic amines) is 1. The van der Waals surface area contributed by atoms with Crippen LogP contribution in [-0.4, -0.2) is 24.5 Å². The quantitative estimate of drug-likeness (QED) is 0.915. The van der Waals surface area contributed by atoms with Crippen LogP contribution in [0, 0.1) is 11.7 Å². The molecule has 0 radical (unpaired) electrons. The van der Waals surface area contributed by atoms with Crippen molar-refractivity contribution in [3.63, 3.8) is 0 Å². The third-order valence-electron chi connectivity index (χ3n) is 4.18. The number of halogens is 2. The van der Waals surface area contributed by atoms with Crippen LogP contribution in [-0.2, 0) is 0 Å². The highest BCUT2D eigenvalue weighted by Crippen LogP contribution is 2.31. The largest absolute Gasteiger partial charge is 0.330 e. The molecule has 106 valence electrons. The van der Waals surface area contributed by atoms with Crippen molar-refractivity contribution >= 4 is 11.6 Å². The Morgan fingerprint density at radius 1 is 1.42 bits per heavy atom. The second kappa shape index (κ2) is 6.69. The molecule has 4 heteroatoms. The molecule has 0 aliphatic carbocycles. The van der Waals surface area contributed by atoms with Crippen molar-refractivity contribution < 1.29 is 4.39 Å². The number of hydrogen-bond acceptors (Lipinski definition) is 2. The summed E-state index contributed by atoms with van der Waals surface area (Å²) in [5.41, 5.74) is 6.63. The van der Waals surface area contributed by atoms with Crippen molar-refractivity contribution in [3.8, 4) is 0 Å². The smallest absolute Gasteiger partial charge is 0.124 e. The summed E-state index contributed by atoms with van der Waals surface area (Å²) in [6.45, 7) is 5.06. The van der Waals surface area contributed by atoms with Crippen LogP contribution >= 0.6 is 11.6 Å². The number of benzene rings is 1. The van der Waals surface area contributed by atoms with Gasteiger partial charge in [-0.15, -0.1) is 0 Å². The highest BCUT2D eigenvalue weighted by atomic mass is 35.5. The molecule has 1 aromatic carbocycles. The molecule has 2 N–H and O–H groups in total. The average molecular weight is 285 g/mol. The van der Waals surface area contributed by atoms with E-state index in [4.69, 9.17) is 17.3 Å². The topological polar surface area (TPSA) is 29.3 Å². The minimum absolute atomic E-state index is 0.243. The fourth-order valence-corrected chi connectivity index (χ4v) is 3.23. The van der Waals surface area contributed by atoms with Gasteiger partial charge in [-0.1, -0.05) is 17.7 Å². The zero-order valence-corrected chi connectivity index (χ0v) is 12.2. The molecular formula is C15H22ClFN2. The first-order valence-electron chi connectivity index (χ1n) is 7.01. The van der Waals surface area contributed by atoms with E-state index in [0.717, 1.165) is 37.5 Å². The Labute approximate surface area is 119 Å². The number of piperidine rings is 1. The van der Waals surface area contributed by atoms with Crippen molar-refractivity contribution in [1.82, 2.24) is 4.90 Å². The van der Waals surface area contributed by atoms with Gasteiger partial charge in [0.05, 0.1) is 0 Å².